The molecule has 50 valence electrons. The van der Waals surface area contributed by atoms with Crippen molar-refractivity contribution in [2.45, 2.75) is 0 Å². The predicted molar refractivity (Wildman–Crippen MR) is 36.7 cm³/mol. The third-order valence-electron chi connectivity index (χ3n) is 0.796. The Bertz CT molecular complexity index is 152. The molecule has 0 radical (unpaired) electrons. The van der Waals surface area contributed by atoms with Crippen molar-refractivity contribution >= 4 is 11.5 Å². The van der Waals surface area contributed by atoms with Crippen molar-refractivity contribution in [1.82, 2.24) is 4.37 Å². The number of hydrogen-bond donors (Lipinski definition) is 1. The van der Waals surface area contributed by atoms with E-state index in [4.69, 9.17) is 10.5 Å². The Morgan fingerprint density at radius 2 is 2.67 bits per heavy atom. The molecule has 0 spiro atoms. The minimum Gasteiger partial charge on any atom is -0.490 e. The summed E-state index contributed by atoms with van der Waals surface area (Å²) in [6, 6.07) is 0. The fourth-order valence-corrected chi connectivity index (χ4v) is 0.902. The van der Waals surface area contributed by atoms with Gasteiger partial charge in [-0.25, -0.2) is 0 Å². The van der Waals surface area contributed by atoms with Crippen molar-refractivity contribution in [3.05, 3.63) is 11.6 Å². The SMILES string of the molecule is NCCOc1cnsc1. The van der Waals surface area contributed by atoms with Crippen molar-refractivity contribution in [3.8, 4) is 5.75 Å². The number of rotatable bonds is 3. The van der Waals surface area contributed by atoms with Crippen LogP contribution >= 0.6 is 11.5 Å². The maximum atomic E-state index is 5.20. The molecule has 1 heterocycles. The zero-order valence-electron chi connectivity index (χ0n) is 4.91. The molecule has 1 aromatic heterocycles. The molecule has 2 N–H and O–H groups in total. The molecular weight excluding hydrogens is 136 g/mol. The number of ether oxygens (including phenoxy) is 1. The average molecular weight is 144 g/mol. The van der Waals surface area contributed by atoms with E-state index in [1.54, 1.807) is 6.20 Å². The molecule has 0 saturated carbocycles. The lowest BCUT2D eigenvalue weighted by Gasteiger charge is -1.96. The van der Waals surface area contributed by atoms with Gasteiger partial charge in [-0.2, -0.15) is 4.37 Å². The van der Waals surface area contributed by atoms with E-state index in [0.29, 0.717) is 13.2 Å². The molecular formula is C5H8N2OS. The standard InChI is InChI=1S/C5H8N2OS/c6-1-2-8-5-3-7-9-4-5/h3-4H,1-2,6H2. The van der Waals surface area contributed by atoms with Crippen LogP contribution in [0.4, 0.5) is 0 Å². The van der Waals surface area contributed by atoms with Crippen molar-refractivity contribution in [2.24, 2.45) is 5.73 Å². The van der Waals surface area contributed by atoms with Gasteiger partial charge >= 0.3 is 0 Å². The van der Waals surface area contributed by atoms with Crippen LogP contribution in [-0.2, 0) is 0 Å². The molecule has 1 rings (SSSR count). The first-order chi connectivity index (χ1) is 4.43. The molecule has 0 bridgehead atoms. The summed E-state index contributed by atoms with van der Waals surface area (Å²) >= 11 is 1.37. The topological polar surface area (TPSA) is 48.1 Å². The quantitative estimate of drug-likeness (QED) is 0.671. The lowest BCUT2D eigenvalue weighted by molar-refractivity contribution is 0.329. The number of nitrogens with zero attached hydrogens (tertiary/aromatic N) is 1. The van der Waals surface area contributed by atoms with Crippen LogP contribution < -0.4 is 10.5 Å². The normalized spacial score (nSPS) is 9.44. The molecule has 0 unspecified atom stereocenters. The van der Waals surface area contributed by atoms with Gasteiger partial charge in [-0.1, -0.05) is 0 Å². The van der Waals surface area contributed by atoms with E-state index < -0.39 is 0 Å². The van der Waals surface area contributed by atoms with E-state index in [0.717, 1.165) is 5.75 Å². The van der Waals surface area contributed by atoms with Gasteiger partial charge < -0.3 is 10.5 Å². The summed E-state index contributed by atoms with van der Waals surface area (Å²) in [5, 5.41) is 1.84. The second kappa shape index (κ2) is 3.42. The van der Waals surface area contributed by atoms with Crippen LogP contribution in [0.5, 0.6) is 5.75 Å². The Morgan fingerprint density at radius 1 is 1.78 bits per heavy atom. The van der Waals surface area contributed by atoms with Crippen molar-refractivity contribution in [1.29, 1.82) is 0 Å². The second-order valence-electron chi connectivity index (χ2n) is 1.50. The maximum Gasteiger partial charge on any atom is 0.150 e. The van der Waals surface area contributed by atoms with Crippen molar-refractivity contribution in [2.75, 3.05) is 13.2 Å². The summed E-state index contributed by atoms with van der Waals surface area (Å²) in [4.78, 5) is 0. The number of aromatic nitrogens is 1. The van der Waals surface area contributed by atoms with Gasteiger partial charge in [-0.3, -0.25) is 0 Å². The third kappa shape index (κ3) is 1.99. The fourth-order valence-electron chi connectivity index (χ4n) is 0.443. The van der Waals surface area contributed by atoms with E-state index in [-0.39, 0.29) is 0 Å². The first-order valence-electron chi connectivity index (χ1n) is 2.65. The third-order valence-corrected chi connectivity index (χ3v) is 1.36. The van der Waals surface area contributed by atoms with Gasteiger partial charge in [-0.05, 0) is 11.5 Å². The van der Waals surface area contributed by atoms with Gasteiger partial charge in [-0.15, -0.1) is 0 Å². The summed E-state index contributed by atoms with van der Waals surface area (Å²) < 4.78 is 8.97. The Kier molecular flexibility index (Phi) is 2.48. The first kappa shape index (κ1) is 6.51. The van der Waals surface area contributed by atoms with Gasteiger partial charge in [0.2, 0.25) is 0 Å². The predicted octanol–water partition coefficient (Wildman–Crippen LogP) is 0.481. The van der Waals surface area contributed by atoms with E-state index in [1.165, 1.54) is 11.5 Å². The molecule has 0 aliphatic heterocycles. The molecule has 0 fully saturated rings. The van der Waals surface area contributed by atoms with E-state index >= 15 is 0 Å². The summed E-state index contributed by atoms with van der Waals surface area (Å²) in [5.41, 5.74) is 5.20. The van der Waals surface area contributed by atoms with Crippen LogP contribution in [0.25, 0.3) is 0 Å². The molecule has 0 atom stereocenters. The van der Waals surface area contributed by atoms with Crippen LogP contribution in [0.3, 0.4) is 0 Å². The van der Waals surface area contributed by atoms with Crippen LogP contribution in [0.1, 0.15) is 0 Å². The summed E-state index contributed by atoms with van der Waals surface area (Å²) in [5.74, 6) is 0.811. The number of nitrogens with two attached hydrogens (primary N) is 1. The van der Waals surface area contributed by atoms with Crippen molar-refractivity contribution in [3.63, 3.8) is 0 Å². The highest BCUT2D eigenvalue weighted by atomic mass is 32.1. The lowest BCUT2D eigenvalue weighted by Crippen LogP contribution is -2.09. The minimum absolute atomic E-state index is 0.551. The largest absolute Gasteiger partial charge is 0.490 e. The van der Waals surface area contributed by atoms with Crippen LogP contribution in [0.15, 0.2) is 11.6 Å². The molecule has 0 amide bonds. The maximum absolute atomic E-state index is 5.20. The Morgan fingerprint density at radius 3 is 3.22 bits per heavy atom. The highest BCUT2D eigenvalue weighted by Gasteiger charge is 1.90. The van der Waals surface area contributed by atoms with E-state index in [9.17, 15) is 0 Å². The highest BCUT2D eigenvalue weighted by molar-refractivity contribution is 7.03. The molecule has 0 aromatic carbocycles. The molecule has 0 saturated heterocycles. The summed E-state index contributed by atoms with van der Waals surface area (Å²) in [7, 11) is 0. The number of hydrogen-bond acceptors (Lipinski definition) is 4. The second-order valence-corrected chi connectivity index (χ2v) is 2.15. The van der Waals surface area contributed by atoms with Crippen LogP contribution in [0.2, 0.25) is 0 Å². The highest BCUT2D eigenvalue weighted by Crippen LogP contribution is 2.10. The molecule has 9 heavy (non-hydrogen) atoms. The monoisotopic (exact) mass is 144 g/mol. The zero-order chi connectivity index (χ0) is 6.53. The molecule has 3 nitrogen and oxygen atoms in total. The molecule has 4 heteroatoms. The molecule has 0 aliphatic carbocycles. The Balaban J connectivity index is 2.30. The Labute approximate surface area is 57.6 Å². The van der Waals surface area contributed by atoms with Crippen LogP contribution in [0, 0.1) is 0 Å². The first-order valence-corrected chi connectivity index (χ1v) is 3.49. The smallest absolute Gasteiger partial charge is 0.150 e. The fraction of sp³-hybridized carbons (Fsp3) is 0.400. The van der Waals surface area contributed by atoms with E-state index in [1.807, 2.05) is 5.38 Å². The summed E-state index contributed by atoms with van der Waals surface area (Å²) in [6.07, 6.45) is 1.68. The molecule has 0 aliphatic rings. The summed E-state index contributed by atoms with van der Waals surface area (Å²) in [6.45, 7) is 1.12. The van der Waals surface area contributed by atoms with Gasteiger partial charge in [0, 0.05) is 6.54 Å². The zero-order valence-corrected chi connectivity index (χ0v) is 5.73. The minimum atomic E-state index is 0.551. The van der Waals surface area contributed by atoms with Gasteiger partial charge in [0.1, 0.15) is 12.4 Å². The van der Waals surface area contributed by atoms with E-state index in [2.05, 4.69) is 4.37 Å². The van der Waals surface area contributed by atoms with Gasteiger partial charge in [0.25, 0.3) is 0 Å². The molecule has 1 aromatic rings. The van der Waals surface area contributed by atoms with Gasteiger partial charge in [0.05, 0.1) is 11.6 Å². The van der Waals surface area contributed by atoms with Gasteiger partial charge in [0.15, 0.2) is 0 Å². The average Bonchev–Trinajstić information content (AvgIpc) is 2.34. The lowest BCUT2D eigenvalue weighted by atomic mass is 10.6. The van der Waals surface area contributed by atoms with Crippen LogP contribution in [-0.4, -0.2) is 17.5 Å². The van der Waals surface area contributed by atoms with Crippen molar-refractivity contribution < 1.29 is 4.74 Å². The Hall–Kier alpha value is -0.610.